The highest BCUT2D eigenvalue weighted by molar-refractivity contribution is 6.25. The van der Waals surface area contributed by atoms with E-state index in [0.29, 0.717) is 13.1 Å². The Hall–Kier alpha value is -4.10. The van der Waals surface area contributed by atoms with E-state index in [2.05, 4.69) is 72.2 Å². The van der Waals surface area contributed by atoms with Crippen LogP contribution in [0.4, 0.5) is 0 Å². The van der Waals surface area contributed by atoms with Crippen LogP contribution < -0.4 is 0 Å². The summed E-state index contributed by atoms with van der Waals surface area (Å²) in [7, 11) is 7.62. The topological polar surface area (TPSA) is 59.1 Å². The predicted octanol–water partition coefficient (Wildman–Crippen LogP) is 4.81. The highest BCUT2D eigenvalue weighted by atomic mass is 16.6. The van der Waals surface area contributed by atoms with Gasteiger partial charge >= 0.3 is 11.9 Å². The average Bonchev–Trinajstić information content (AvgIpc) is 2.93. The van der Waals surface area contributed by atoms with Crippen LogP contribution in [0.25, 0.3) is 32.3 Å². The lowest BCUT2D eigenvalue weighted by molar-refractivity contribution is -0.167. The summed E-state index contributed by atoms with van der Waals surface area (Å²) in [6.07, 6.45) is -0.475. The van der Waals surface area contributed by atoms with Gasteiger partial charge in [-0.3, -0.25) is 9.59 Å². The molecule has 1 aliphatic carbocycles. The molecule has 1 aliphatic rings. The molecule has 0 aromatic heterocycles. The van der Waals surface area contributed by atoms with Crippen LogP contribution in [0, 0.1) is 23.7 Å². The van der Waals surface area contributed by atoms with Crippen LogP contribution in [0.3, 0.4) is 0 Å². The van der Waals surface area contributed by atoms with Gasteiger partial charge in [-0.2, -0.15) is 0 Å². The minimum atomic E-state index is -0.711. The Bertz CT molecular complexity index is 1560. The molecule has 0 amide bonds. The molecule has 0 unspecified atom stereocenters. The zero-order chi connectivity index (χ0) is 28.2. The van der Waals surface area contributed by atoms with E-state index in [1.807, 2.05) is 38.0 Å². The van der Waals surface area contributed by atoms with Gasteiger partial charge in [-0.05, 0) is 60.5 Å². The van der Waals surface area contributed by atoms with Crippen molar-refractivity contribution >= 4 is 44.3 Å². The fourth-order valence-electron chi connectivity index (χ4n) is 5.16. The Morgan fingerprint density at radius 2 is 1.12 bits per heavy atom. The van der Waals surface area contributed by atoms with Crippen LogP contribution in [0.2, 0.25) is 0 Å². The maximum absolute atomic E-state index is 12.7. The molecule has 40 heavy (non-hydrogen) atoms. The number of ether oxygens (including phenoxy) is 2. The van der Waals surface area contributed by atoms with Crippen molar-refractivity contribution in [2.75, 3.05) is 41.3 Å². The fraction of sp³-hybridized carbons (Fsp3) is 0.353. The Morgan fingerprint density at radius 1 is 0.700 bits per heavy atom. The van der Waals surface area contributed by atoms with Crippen molar-refractivity contribution in [3.63, 3.8) is 0 Å². The maximum atomic E-state index is 12.7. The van der Waals surface area contributed by atoms with Gasteiger partial charge in [0.25, 0.3) is 0 Å². The second-order valence-electron chi connectivity index (χ2n) is 10.8. The van der Waals surface area contributed by atoms with E-state index in [-0.39, 0.29) is 37.6 Å². The lowest BCUT2D eigenvalue weighted by Gasteiger charge is -2.25. The van der Waals surface area contributed by atoms with Crippen molar-refractivity contribution in [2.24, 2.45) is 0 Å². The first-order chi connectivity index (χ1) is 19.3. The van der Waals surface area contributed by atoms with Gasteiger partial charge in [-0.15, -0.1) is 0 Å². The summed E-state index contributed by atoms with van der Waals surface area (Å²) in [4.78, 5) is 29.3. The van der Waals surface area contributed by atoms with Crippen LogP contribution in [0.1, 0.15) is 36.8 Å². The fourth-order valence-corrected chi connectivity index (χ4v) is 5.16. The van der Waals surface area contributed by atoms with E-state index in [1.165, 1.54) is 10.8 Å². The molecule has 0 saturated carbocycles. The molecule has 0 fully saturated rings. The maximum Gasteiger partial charge on any atom is 0.307 e. The first kappa shape index (κ1) is 27.5. The second kappa shape index (κ2) is 12.0. The zero-order valence-corrected chi connectivity index (χ0v) is 23.5. The third kappa shape index (κ3) is 5.89. The summed E-state index contributed by atoms with van der Waals surface area (Å²) in [6, 6.07) is 16.8. The summed E-state index contributed by atoms with van der Waals surface area (Å²) in [5.41, 5.74) is 1.76. The summed E-state index contributed by atoms with van der Waals surface area (Å²) >= 11 is 0. The largest absolute Gasteiger partial charge is 0.457 e. The first-order valence-electron chi connectivity index (χ1n) is 13.7. The predicted molar refractivity (Wildman–Crippen MR) is 159 cm³/mol. The number of nitrogens with zero attached hydrogens (tertiary/aromatic N) is 2. The normalized spacial score (nSPS) is 16.9. The number of benzene rings is 4. The van der Waals surface area contributed by atoms with Crippen molar-refractivity contribution in [2.45, 2.75) is 37.9 Å². The van der Waals surface area contributed by atoms with Crippen LogP contribution in [-0.4, -0.2) is 75.2 Å². The Kier molecular flexibility index (Phi) is 8.21. The molecule has 0 saturated heterocycles. The minimum Gasteiger partial charge on any atom is -0.457 e. The number of hydrogen-bond acceptors (Lipinski definition) is 6. The number of esters is 2. The molecule has 0 bridgehead atoms. The van der Waals surface area contributed by atoms with Crippen molar-refractivity contribution in [3.8, 4) is 23.7 Å². The molecular formula is C34H34N2O4. The van der Waals surface area contributed by atoms with E-state index in [0.717, 1.165) is 32.7 Å². The monoisotopic (exact) mass is 534 g/mol. The lowest BCUT2D eigenvalue weighted by atomic mass is 9.87. The van der Waals surface area contributed by atoms with Crippen LogP contribution >= 0.6 is 0 Å². The molecule has 0 spiro atoms. The molecule has 6 heteroatoms. The van der Waals surface area contributed by atoms with E-state index >= 15 is 0 Å². The SMILES string of the molecule is CN(C)CCC(=O)O[C@H]1CC#Cc2c(c3cccc4ccc5cccc2c5c43)C#CC[C@@H]1OC(=O)CCN(C)C. The second-order valence-corrected chi connectivity index (χ2v) is 10.8. The molecule has 0 aliphatic heterocycles. The van der Waals surface area contributed by atoms with Crippen LogP contribution in [0.15, 0.2) is 48.5 Å². The zero-order valence-electron chi connectivity index (χ0n) is 23.5. The van der Waals surface area contributed by atoms with Gasteiger partial charge in [0.2, 0.25) is 0 Å². The summed E-state index contributed by atoms with van der Waals surface area (Å²) in [5, 5.41) is 6.81. The van der Waals surface area contributed by atoms with Crippen molar-refractivity contribution < 1.29 is 19.1 Å². The summed E-state index contributed by atoms with van der Waals surface area (Å²) in [5.74, 6) is 12.6. The molecule has 4 aromatic rings. The summed E-state index contributed by atoms with van der Waals surface area (Å²) < 4.78 is 11.7. The van der Waals surface area contributed by atoms with Crippen LogP contribution in [0.5, 0.6) is 0 Å². The van der Waals surface area contributed by atoms with Gasteiger partial charge in [0, 0.05) is 24.2 Å². The van der Waals surface area contributed by atoms with Crippen molar-refractivity contribution in [3.05, 3.63) is 59.7 Å². The molecule has 204 valence electrons. The molecule has 2 atom stereocenters. The van der Waals surface area contributed by atoms with Crippen molar-refractivity contribution in [1.82, 2.24) is 9.80 Å². The molecule has 0 N–H and O–H groups in total. The third-order valence-corrected chi connectivity index (χ3v) is 7.21. The highest BCUT2D eigenvalue weighted by Crippen LogP contribution is 2.38. The number of rotatable bonds is 8. The Balaban J connectivity index is 1.57. The summed E-state index contributed by atoms with van der Waals surface area (Å²) in [6.45, 7) is 1.13. The number of carbonyl (C=O) groups excluding carboxylic acids is 2. The van der Waals surface area contributed by atoms with E-state index < -0.39 is 12.2 Å². The average molecular weight is 535 g/mol. The van der Waals surface area contributed by atoms with Crippen molar-refractivity contribution in [1.29, 1.82) is 0 Å². The van der Waals surface area contributed by atoms with Gasteiger partial charge in [0.1, 0.15) is 0 Å². The van der Waals surface area contributed by atoms with E-state index in [4.69, 9.17) is 9.47 Å². The van der Waals surface area contributed by atoms with Gasteiger partial charge in [0.15, 0.2) is 12.2 Å². The third-order valence-electron chi connectivity index (χ3n) is 7.21. The molecular weight excluding hydrogens is 500 g/mol. The Labute approximate surface area is 235 Å². The standard InChI is InChI=1S/C34H34N2O4/c1-35(2)21-19-31(37)39-29-15-7-11-25-26(12-8-16-30(29)40-32(38)20-22-36(3)4)28-14-6-10-24-18-17-23-9-5-13-27(25)33(23)34(24)28/h5-6,9-10,13-14,17-18,29-30H,15-16,19-22H2,1-4H3/t29-,30-/m0/s1. The first-order valence-corrected chi connectivity index (χ1v) is 13.7. The smallest absolute Gasteiger partial charge is 0.307 e. The highest BCUT2D eigenvalue weighted by Gasteiger charge is 2.28. The lowest BCUT2D eigenvalue weighted by Crippen LogP contribution is -2.36. The number of carbonyl (C=O) groups is 2. The Morgan fingerprint density at radius 3 is 1.52 bits per heavy atom. The van der Waals surface area contributed by atoms with Gasteiger partial charge in [-0.1, -0.05) is 72.2 Å². The molecule has 4 aromatic carbocycles. The molecule has 6 nitrogen and oxygen atoms in total. The van der Waals surface area contributed by atoms with Crippen LogP contribution in [-0.2, 0) is 19.1 Å². The quantitative estimate of drug-likeness (QED) is 0.184. The minimum absolute atomic E-state index is 0.236. The number of fused-ring (bicyclic) bond motifs is 3. The molecule has 0 heterocycles. The number of hydrogen-bond donors (Lipinski definition) is 0. The molecule has 0 radical (unpaired) electrons. The van der Waals surface area contributed by atoms with Gasteiger partial charge in [0.05, 0.1) is 25.7 Å². The van der Waals surface area contributed by atoms with E-state index in [9.17, 15) is 9.59 Å². The van der Waals surface area contributed by atoms with E-state index in [1.54, 1.807) is 0 Å². The van der Waals surface area contributed by atoms with Gasteiger partial charge < -0.3 is 19.3 Å². The molecule has 5 rings (SSSR count). The van der Waals surface area contributed by atoms with Gasteiger partial charge in [-0.25, -0.2) is 0 Å².